The van der Waals surface area contributed by atoms with Gasteiger partial charge < -0.3 is 9.47 Å². The molecule has 1 aliphatic rings. The molecule has 6 heteroatoms. The zero-order chi connectivity index (χ0) is 18.7. The summed E-state index contributed by atoms with van der Waals surface area (Å²) in [5.41, 5.74) is 3.22. The normalized spacial score (nSPS) is 14.7. The number of hydrogen-bond donors (Lipinski definition) is 0. The van der Waals surface area contributed by atoms with Gasteiger partial charge in [0, 0.05) is 13.1 Å². The van der Waals surface area contributed by atoms with Crippen LogP contribution >= 0.6 is 0 Å². The van der Waals surface area contributed by atoms with Gasteiger partial charge in [-0.05, 0) is 53.8 Å². The van der Waals surface area contributed by atoms with E-state index in [1.54, 1.807) is 26.4 Å². The average molecular weight is 375 g/mol. The summed E-state index contributed by atoms with van der Waals surface area (Å²) >= 11 is 0. The van der Waals surface area contributed by atoms with Crippen molar-refractivity contribution >= 4 is 10.0 Å². The van der Waals surface area contributed by atoms with Crippen LogP contribution in [0, 0.1) is 0 Å². The summed E-state index contributed by atoms with van der Waals surface area (Å²) < 4.78 is 38.3. The molecule has 0 amide bonds. The van der Waals surface area contributed by atoms with Crippen LogP contribution in [0.4, 0.5) is 0 Å². The smallest absolute Gasteiger partial charge is 0.243 e. The second kappa shape index (κ2) is 7.68. The van der Waals surface area contributed by atoms with E-state index < -0.39 is 10.0 Å². The molecule has 26 heavy (non-hydrogen) atoms. The van der Waals surface area contributed by atoms with E-state index in [0.29, 0.717) is 35.9 Å². The summed E-state index contributed by atoms with van der Waals surface area (Å²) in [5, 5.41) is 0. The first-order valence-corrected chi connectivity index (χ1v) is 10.3. The third-order valence-corrected chi connectivity index (χ3v) is 6.64. The summed E-state index contributed by atoms with van der Waals surface area (Å²) in [6, 6.07) is 11.1. The lowest BCUT2D eigenvalue weighted by Gasteiger charge is -2.29. The third kappa shape index (κ3) is 3.57. The molecule has 0 bridgehead atoms. The lowest BCUT2D eigenvalue weighted by molar-refractivity contribution is 0.348. The summed E-state index contributed by atoms with van der Waals surface area (Å²) in [7, 11) is -0.324. The van der Waals surface area contributed by atoms with Gasteiger partial charge in [0.2, 0.25) is 10.0 Å². The Morgan fingerprint density at radius 1 is 1.00 bits per heavy atom. The lowest BCUT2D eigenvalue weighted by Crippen LogP contribution is -2.36. The predicted molar refractivity (Wildman–Crippen MR) is 101 cm³/mol. The second-order valence-corrected chi connectivity index (χ2v) is 8.40. The van der Waals surface area contributed by atoms with Gasteiger partial charge in [-0.15, -0.1) is 0 Å². The Labute approximate surface area is 155 Å². The molecule has 0 aromatic heterocycles. The molecule has 0 unspecified atom stereocenters. The predicted octanol–water partition coefficient (Wildman–Crippen LogP) is 3.40. The van der Waals surface area contributed by atoms with Crippen molar-refractivity contribution < 1.29 is 17.9 Å². The largest absolute Gasteiger partial charge is 0.493 e. The number of ether oxygens (including phenoxy) is 2. The van der Waals surface area contributed by atoms with Gasteiger partial charge in [0.05, 0.1) is 19.1 Å². The van der Waals surface area contributed by atoms with Gasteiger partial charge >= 0.3 is 0 Å². The molecule has 0 radical (unpaired) electrons. The Bertz CT molecular complexity index is 875. The minimum absolute atomic E-state index is 0.342. The SMILES string of the molecule is CCCc1ccc(S(=O)(=O)N2CCc3cc(OC)c(OC)cc3C2)cc1. The van der Waals surface area contributed by atoms with E-state index in [1.807, 2.05) is 24.3 Å². The van der Waals surface area contributed by atoms with E-state index >= 15 is 0 Å². The minimum Gasteiger partial charge on any atom is -0.493 e. The van der Waals surface area contributed by atoms with E-state index in [-0.39, 0.29) is 0 Å². The highest BCUT2D eigenvalue weighted by Crippen LogP contribution is 2.34. The van der Waals surface area contributed by atoms with E-state index in [2.05, 4.69) is 6.92 Å². The van der Waals surface area contributed by atoms with Crippen LogP contribution in [0.15, 0.2) is 41.3 Å². The van der Waals surface area contributed by atoms with Crippen LogP contribution in [-0.2, 0) is 29.4 Å². The number of benzene rings is 2. The number of hydrogen-bond acceptors (Lipinski definition) is 4. The van der Waals surface area contributed by atoms with Crippen LogP contribution < -0.4 is 9.47 Å². The van der Waals surface area contributed by atoms with Crippen LogP contribution in [0.1, 0.15) is 30.0 Å². The zero-order valence-electron chi connectivity index (χ0n) is 15.5. The maximum absolute atomic E-state index is 13.0. The Kier molecular flexibility index (Phi) is 5.53. The number of nitrogens with zero attached hydrogens (tertiary/aromatic N) is 1. The van der Waals surface area contributed by atoms with E-state index in [1.165, 1.54) is 4.31 Å². The summed E-state index contributed by atoms with van der Waals surface area (Å²) in [5.74, 6) is 1.29. The first kappa shape index (κ1) is 18.7. The van der Waals surface area contributed by atoms with Gasteiger partial charge in [0.1, 0.15) is 0 Å². The Morgan fingerprint density at radius 2 is 1.62 bits per heavy atom. The highest BCUT2D eigenvalue weighted by atomic mass is 32.2. The van der Waals surface area contributed by atoms with E-state index in [0.717, 1.165) is 29.5 Å². The molecule has 0 fully saturated rings. The molecule has 1 heterocycles. The quantitative estimate of drug-likeness (QED) is 0.776. The van der Waals surface area contributed by atoms with Crippen molar-refractivity contribution in [1.82, 2.24) is 4.31 Å². The molecule has 0 N–H and O–H groups in total. The van der Waals surface area contributed by atoms with Crippen molar-refractivity contribution in [3.63, 3.8) is 0 Å². The lowest BCUT2D eigenvalue weighted by atomic mass is 10.0. The number of methoxy groups -OCH3 is 2. The number of fused-ring (bicyclic) bond motifs is 1. The minimum atomic E-state index is -3.51. The fraction of sp³-hybridized carbons (Fsp3) is 0.400. The monoisotopic (exact) mass is 375 g/mol. The van der Waals surface area contributed by atoms with Crippen molar-refractivity contribution in [2.45, 2.75) is 37.6 Å². The van der Waals surface area contributed by atoms with Crippen molar-refractivity contribution in [3.05, 3.63) is 53.1 Å². The third-order valence-electron chi connectivity index (χ3n) is 4.78. The Balaban J connectivity index is 1.87. The number of rotatable bonds is 6. The highest BCUT2D eigenvalue weighted by Gasteiger charge is 2.29. The van der Waals surface area contributed by atoms with Crippen LogP contribution in [0.25, 0.3) is 0 Å². The van der Waals surface area contributed by atoms with E-state index in [9.17, 15) is 8.42 Å². The summed E-state index contributed by atoms with van der Waals surface area (Å²) in [4.78, 5) is 0.348. The molecular weight excluding hydrogens is 350 g/mol. The molecule has 0 spiro atoms. The topological polar surface area (TPSA) is 55.8 Å². The fourth-order valence-corrected chi connectivity index (χ4v) is 4.75. The molecule has 0 atom stereocenters. The van der Waals surface area contributed by atoms with Crippen LogP contribution in [0.3, 0.4) is 0 Å². The molecule has 0 saturated heterocycles. The van der Waals surface area contributed by atoms with E-state index in [4.69, 9.17) is 9.47 Å². The van der Waals surface area contributed by atoms with Crippen LogP contribution in [0.2, 0.25) is 0 Å². The molecule has 0 saturated carbocycles. The molecule has 2 aromatic rings. The number of sulfonamides is 1. The van der Waals surface area contributed by atoms with Crippen molar-refractivity contribution in [1.29, 1.82) is 0 Å². The standard InChI is InChI=1S/C20H25NO4S/c1-4-5-15-6-8-18(9-7-15)26(22,23)21-11-10-16-12-19(24-2)20(25-3)13-17(16)14-21/h6-9,12-13H,4-5,10-11,14H2,1-3H3. The fourth-order valence-electron chi connectivity index (χ4n) is 3.33. The molecule has 3 rings (SSSR count). The second-order valence-electron chi connectivity index (χ2n) is 6.46. The van der Waals surface area contributed by atoms with Gasteiger partial charge in [-0.2, -0.15) is 4.31 Å². The van der Waals surface area contributed by atoms with Crippen LogP contribution in [-0.4, -0.2) is 33.5 Å². The molecule has 2 aromatic carbocycles. The molecular formula is C20H25NO4S. The first-order valence-electron chi connectivity index (χ1n) is 8.82. The van der Waals surface area contributed by atoms with Gasteiger partial charge in [-0.25, -0.2) is 8.42 Å². The van der Waals surface area contributed by atoms with Crippen LogP contribution in [0.5, 0.6) is 11.5 Å². The molecule has 0 aliphatic carbocycles. The maximum atomic E-state index is 13.0. The highest BCUT2D eigenvalue weighted by molar-refractivity contribution is 7.89. The average Bonchev–Trinajstić information content (AvgIpc) is 2.67. The van der Waals surface area contributed by atoms with Gasteiger partial charge in [0.15, 0.2) is 11.5 Å². The van der Waals surface area contributed by atoms with Crippen molar-refractivity contribution in [2.75, 3.05) is 20.8 Å². The summed E-state index contributed by atoms with van der Waals surface area (Å²) in [6.45, 7) is 2.91. The van der Waals surface area contributed by atoms with Crippen molar-refractivity contribution in [2.24, 2.45) is 0 Å². The zero-order valence-corrected chi connectivity index (χ0v) is 16.3. The molecule has 140 valence electrons. The maximum Gasteiger partial charge on any atom is 0.243 e. The Morgan fingerprint density at radius 3 is 2.19 bits per heavy atom. The molecule has 5 nitrogen and oxygen atoms in total. The number of aryl methyl sites for hydroxylation is 1. The summed E-state index contributed by atoms with van der Waals surface area (Å²) in [6.07, 6.45) is 2.65. The van der Waals surface area contributed by atoms with Gasteiger partial charge in [0.25, 0.3) is 0 Å². The van der Waals surface area contributed by atoms with Crippen molar-refractivity contribution in [3.8, 4) is 11.5 Å². The van der Waals surface area contributed by atoms with Gasteiger partial charge in [-0.1, -0.05) is 25.5 Å². The first-order chi connectivity index (χ1) is 12.5. The van der Waals surface area contributed by atoms with Gasteiger partial charge in [-0.3, -0.25) is 0 Å². The molecule has 1 aliphatic heterocycles. The Hall–Kier alpha value is -2.05.